The van der Waals surface area contributed by atoms with E-state index >= 15 is 0 Å². The SMILES string of the molecule is C=C(C(=O)NC1CCOCC1)c1cc(-c2cc(CN3CCC3)cc(F)c2F)ccc1N. The van der Waals surface area contributed by atoms with Crippen LogP contribution in [0.3, 0.4) is 0 Å². The molecule has 0 unspecified atom stereocenters. The van der Waals surface area contributed by atoms with Gasteiger partial charge in [0.15, 0.2) is 11.6 Å². The Kier molecular flexibility index (Phi) is 6.34. The van der Waals surface area contributed by atoms with Crippen LogP contribution in [0.4, 0.5) is 14.5 Å². The van der Waals surface area contributed by atoms with Crippen molar-refractivity contribution in [3.8, 4) is 11.1 Å². The third-order valence-electron chi connectivity index (χ3n) is 5.96. The van der Waals surface area contributed by atoms with Crippen molar-refractivity contribution in [2.24, 2.45) is 0 Å². The average Bonchev–Trinajstić information content (AvgIpc) is 2.73. The molecule has 31 heavy (non-hydrogen) atoms. The van der Waals surface area contributed by atoms with Crippen molar-refractivity contribution in [2.75, 3.05) is 32.0 Å². The summed E-state index contributed by atoms with van der Waals surface area (Å²) in [4.78, 5) is 14.9. The van der Waals surface area contributed by atoms with Crippen molar-refractivity contribution < 1.29 is 18.3 Å². The third kappa shape index (κ3) is 4.78. The van der Waals surface area contributed by atoms with Crippen LogP contribution in [0.25, 0.3) is 16.7 Å². The molecule has 0 bridgehead atoms. The van der Waals surface area contributed by atoms with E-state index in [0.717, 1.165) is 32.4 Å². The summed E-state index contributed by atoms with van der Waals surface area (Å²) >= 11 is 0. The maximum absolute atomic E-state index is 14.7. The number of nitrogens with two attached hydrogens (primary N) is 1. The van der Waals surface area contributed by atoms with Gasteiger partial charge in [-0.1, -0.05) is 12.6 Å². The molecule has 4 rings (SSSR count). The van der Waals surface area contributed by atoms with E-state index in [0.29, 0.717) is 42.1 Å². The summed E-state index contributed by atoms with van der Waals surface area (Å²) in [5.74, 6) is -2.13. The molecule has 0 radical (unpaired) electrons. The largest absolute Gasteiger partial charge is 0.398 e. The number of rotatable bonds is 6. The molecule has 0 aromatic heterocycles. The van der Waals surface area contributed by atoms with E-state index in [1.807, 2.05) is 0 Å². The fraction of sp³-hybridized carbons (Fsp3) is 0.375. The molecule has 0 saturated carbocycles. The molecule has 2 aliphatic heterocycles. The van der Waals surface area contributed by atoms with Crippen LogP contribution >= 0.6 is 0 Å². The summed E-state index contributed by atoms with van der Waals surface area (Å²) in [7, 11) is 0. The van der Waals surface area contributed by atoms with Crippen LogP contribution in [0.5, 0.6) is 0 Å². The highest BCUT2D eigenvalue weighted by Crippen LogP contribution is 2.32. The Labute approximate surface area is 180 Å². The van der Waals surface area contributed by atoms with Crippen molar-refractivity contribution >= 4 is 17.2 Å². The van der Waals surface area contributed by atoms with E-state index in [1.54, 1.807) is 24.3 Å². The molecule has 5 nitrogen and oxygen atoms in total. The fourth-order valence-electron chi connectivity index (χ4n) is 3.97. The molecule has 2 aromatic carbocycles. The molecule has 0 aliphatic carbocycles. The first-order valence-corrected chi connectivity index (χ1v) is 10.6. The first-order chi connectivity index (χ1) is 14.9. The topological polar surface area (TPSA) is 67.6 Å². The summed E-state index contributed by atoms with van der Waals surface area (Å²) < 4.78 is 34.3. The number of hydrogen-bond acceptors (Lipinski definition) is 4. The maximum atomic E-state index is 14.7. The van der Waals surface area contributed by atoms with Gasteiger partial charge < -0.3 is 15.8 Å². The normalized spacial score (nSPS) is 17.2. The van der Waals surface area contributed by atoms with Gasteiger partial charge in [0.1, 0.15) is 0 Å². The summed E-state index contributed by atoms with van der Waals surface area (Å²) in [5.41, 5.74) is 8.37. The van der Waals surface area contributed by atoms with Crippen molar-refractivity contribution in [1.29, 1.82) is 0 Å². The fourth-order valence-corrected chi connectivity index (χ4v) is 3.97. The van der Waals surface area contributed by atoms with Crippen LogP contribution in [0.2, 0.25) is 0 Å². The van der Waals surface area contributed by atoms with Crippen molar-refractivity contribution in [3.05, 3.63) is 59.7 Å². The second kappa shape index (κ2) is 9.16. The van der Waals surface area contributed by atoms with Gasteiger partial charge in [0, 0.05) is 48.2 Å². The van der Waals surface area contributed by atoms with E-state index in [1.165, 1.54) is 6.07 Å². The molecule has 0 spiro atoms. The average molecular weight is 427 g/mol. The number of anilines is 1. The Morgan fingerprint density at radius 2 is 1.94 bits per heavy atom. The highest BCUT2D eigenvalue weighted by molar-refractivity contribution is 6.20. The summed E-state index contributed by atoms with van der Waals surface area (Å²) in [6.45, 7) is 7.61. The molecule has 7 heteroatoms. The van der Waals surface area contributed by atoms with Gasteiger partial charge in [-0.15, -0.1) is 0 Å². The molecule has 2 heterocycles. The molecule has 1 amide bonds. The standard InChI is InChI=1S/C24H27F2N3O2/c1-15(24(30)28-18-5-9-31-10-6-18)19-13-17(3-4-22(19)27)20-11-16(12-21(25)23(20)26)14-29-7-2-8-29/h3-4,11-13,18H,1-2,5-10,14,27H2,(H,28,30). The number of hydrogen-bond donors (Lipinski definition) is 2. The summed E-state index contributed by atoms with van der Waals surface area (Å²) in [6, 6.07) is 7.76. The zero-order valence-electron chi connectivity index (χ0n) is 17.4. The number of halogens is 2. The second-order valence-corrected chi connectivity index (χ2v) is 8.21. The van der Waals surface area contributed by atoms with Crippen LogP contribution in [0.15, 0.2) is 36.9 Å². The van der Waals surface area contributed by atoms with Crippen LogP contribution in [0.1, 0.15) is 30.4 Å². The third-order valence-corrected chi connectivity index (χ3v) is 5.96. The Balaban J connectivity index is 1.59. The molecular formula is C24H27F2N3O2. The van der Waals surface area contributed by atoms with Crippen molar-refractivity contribution in [1.82, 2.24) is 10.2 Å². The van der Waals surface area contributed by atoms with E-state index < -0.39 is 11.6 Å². The van der Waals surface area contributed by atoms with Crippen LogP contribution in [0, 0.1) is 11.6 Å². The Morgan fingerprint density at radius 3 is 2.61 bits per heavy atom. The van der Waals surface area contributed by atoms with E-state index in [2.05, 4.69) is 16.8 Å². The number of likely N-dealkylation sites (tertiary alicyclic amines) is 1. The van der Waals surface area contributed by atoms with Crippen molar-refractivity contribution in [2.45, 2.75) is 31.8 Å². The zero-order chi connectivity index (χ0) is 22.0. The molecule has 2 saturated heterocycles. The highest BCUT2D eigenvalue weighted by Gasteiger charge is 2.21. The van der Waals surface area contributed by atoms with Gasteiger partial charge in [0.2, 0.25) is 0 Å². The second-order valence-electron chi connectivity index (χ2n) is 8.21. The Morgan fingerprint density at radius 1 is 1.19 bits per heavy atom. The highest BCUT2D eigenvalue weighted by atomic mass is 19.2. The quantitative estimate of drug-likeness (QED) is 0.545. The minimum absolute atomic E-state index is 0.0205. The maximum Gasteiger partial charge on any atom is 0.251 e. The van der Waals surface area contributed by atoms with Gasteiger partial charge >= 0.3 is 0 Å². The molecule has 2 aliphatic rings. The van der Waals surface area contributed by atoms with Gasteiger partial charge in [0.05, 0.1) is 0 Å². The minimum atomic E-state index is -0.916. The number of nitrogen functional groups attached to an aromatic ring is 1. The lowest BCUT2D eigenvalue weighted by molar-refractivity contribution is -0.116. The van der Waals surface area contributed by atoms with Gasteiger partial charge in [-0.3, -0.25) is 9.69 Å². The van der Waals surface area contributed by atoms with Crippen LogP contribution in [-0.4, -0.2) is 43.2 Å². The van der Waals surface area contributed by atoms with E-state index in [4.69, 9.17) is 10.5 Å². The molecule has 3 N–H and O–H groups in total. The van der Waals surface area contributed by atoms with Crippen LogP contribution in [-0.2, 0) is 16.1 Å². The minimum Gasteiger partial charge on any atom is -0.398 e. The molecule has 2 fully saturated rings. The van der Waals surface area contributed by atoms with Gasteiger partial charge in [-0.25, -0.2) is 8.78 Å². The number of amides is 1. The van der Waals surface area contributed by atoms with E-state index in [9.17, 15) is 13.6 Å². The number of ether oxygens (including phenoxy) is 1. The molecule has 2 aromatic rings. The lowest BCUT2D eigenvalue weighted by Crippen LogP contribution is -2.39. The van der Waals surface area contributed by atoms with Crippen LogP contribution < -0.4 is 11.1 Å². The van der Waals surface area contributed by atoms with Gasteiger partial charge in [-0.2, -0.15) is 0 Å². The molecule has 164 valence electrons. The first-order valence-electron chi connectivity index (χ1n) is 10.6. The Bertz CT molecular complexity index is 999. The monoisotopic (exact) mass is 427 g/mol. The van der Waals surface area contributed by atoms with Gasteiger partial charge in [0.25, 0.3) is 5.91 Å². The van der Waals surface area contributed by atoms with Crippen molar-refractivity contribution in [3.63, 3.8) is 0 Å². The van der Waals surface area contributed by atoms with E-state index in [-0.39, 0.29) is 23.1 Å². The predicted octanol–water partition coefficient (Wildman–Crippen LogP) is 3.73. The molecular weight excluding hydrogens is 400 g/mol. The zero-order valence-corrected chi connectivity index (χ0v) is 17.4. The number of nitrogens with zero attached hydrogens (tertiary/aromatic N) is 1. The number of carbonyl (C=O) groups excluding carboxylic acids is 1. The number of carbonyl (C=O) groups is 1. The number of nitrogens with one attached hydrogen (secondary N) is 1. The predicted molar refractivity (Wildman–Crippen MR) is 117 cm³/mol. The summed E-state index contributed by atoms with van der Waals surface area (Å²) in [5, 5.41) is 2.95. The lowest BCUT2D eigenvalue weighted by Gasteiger charge is -2.30. The number of benzene rings is 2. The lowest BCUT2D eigenvalue weighted by atomic mass is 9.95. The molecule has 0 atom stereocenters. The first kappa shape index (κ1) is 21.5. The van der Waals surface area contributed by atoms with Gasteiger partial charge in [-0.05, 0) is 67.7 Å². The summed E-state index contributed by atoms with van der Waals surface area (Å²) in [6.07, 6.45) is 2.60. The smallest absolute Gasteiger partial charge is 0.251 e. The Hall–Kier alpha value is -2.77.